The van der Waals surface area contributed by atoms with E-state index in [-0.39, 0.29) is 12.5 Å². The van der Waals surface area contributed by atoms with Gasteiger partial charge in [0.1, 0.15) is 5.82 Å². The molecule has 5 heteroatoms. The van der Waals surface area contributed by atoms with Crippen LogP contribution in [0.15, 0.2) is 18.2 Å². The van der Waals surface area contributed by atoms with Crippen molar-refractivity contribution in [2.75, 3.05) is 32.1 Å². The highest BCUT2D eigenvalue weighted by Crippen LogP contribution is 2.29. The molecule has 1 aromatic carbocycles. The Kier molecular flexibility index (Phi) is 5.95. The highest BCUT2D eigenvalue weighted by Gasteiger charge is 2.20. The number of likely N-dealkylation sites (N-methyl/N-ethyl adjacent to an activating group) is 1. The van der Waals surface area contributed by atoms with E-state index < -0.39 is 11.9 Å². The van der Waals surface area contributed by atoms with Gasteiger partial charge in [0.15, 0.2) is 0 Å². The molecule has 0 aliphatic carbocycles. The van der Waals surface area contributed by atoms with E-state index in [2.05, 4.69) is 0 Å². The number of amides is 1. The molecule has 0 saturated carbocycles. The van der Waals surface area contributed by atoms with Gasteiger partial charge in [-0.2, -0.15) is 0 Å². The molecule has 20 heavy (non-hydrogen) atoms. The van der Waals surface area contributed by atoms with E-state index in [1.807, 2.05) is 6.92 Å². The van der Waals surface area contributed by atoms with Crippen LogP contribution < -0.4 is 4.90 Å². The molecule has 0 bridgehead atoms. The van der Waals surface area contributed by atoms with Crippen LogP contribution >= 0.6 is 0 Å². The first-order chi connectivity index (χ1) is 9.38. The Morgan fingerprint density at radius 3 is 2.55 bits per heavy atom. The molecular weight excluding hydrogens is 259 g/mol. The van der Waals surface area contributed by atoms with Crippen molar-refractivity contribution < 1.29 is 14.3 Å². The second-order valence-electron chi connectivity index (χ2n) is 5.06. The summed E-state index contributed by atoms with van der Waals surface area (Å²) in [6.45, 7) is 4.22. The number of hydrogen-bond acceptors (Lipinski definition) is 3. The zero-order valence-electron chi connectivity index (χ0n) is 12.6. The van der Waals surface area contributed by atoms with E-state index in [0.717, 1.165) is 6.42 Å². The predicted octanol–water partition coefficient (Wildman–Crippen LogP) is 2.18. The molecule has 0 aliphatic rings. The summed E-state index contributed by atoms with van der Waals surface area (Å²) in [7, 11) is 3.34. The van der Waals surface area contributed by atoms with Crippen LogP contribution in [-0.2, 0) is 4.79 Å². The van der Waals surface area contributed by atoms with Crippen molar-refractivity contribution in [1.82, 2.24) is 4.90 Å². The number of para-hydroxylation sites is 1. The minimum absolute atomic E-state index is 0.0987. The molecule has 1 unspecified atom stereocenters. The molecular formula is C15H23FN2O2. The third-order valence-electron chi connectivity index (χ3n) is 3.10. The molecule has 0 saturated heterocycles. The van der Waals surface area contributed by atoms with Crippen molar-refractivity contribution in [3.8, 4) is 0 Å². The molecule has 0 aliphatic heterocycles. The molecule has 0 aromatic heterocycles. The fourth-order valence-corrected chi connectivity index (χ4v) is 2.05. The lowest BCUT2D eigenvalue weighted by Crippen LogP contribution is -2.38. The number of halogens is 1. The van der Waals surface area contributed by atoms with Gasteiger partial charge in [-0.1, -0.05) is 19.1 Å². The molecule has 0 fully saturated rings. The van der Waals surface area contributed by atoms with Gasteiger partial charge >= 0.3 is 0 Å². The summed E-state index contributed by atoms with van der Waals surface area (Å²) in [5.41, 5.74) is 0.824. The van der Waals surface area contributed by atoms with E-state index in [1.165, 1.54) is 11.0 Å². The zero-order chi connectivity index (χ0) is 15.3. The minimum atomic E-state index is -0.783. The maximum Gasteiger partial charge on any atom is 0.241 e. The Morgan fingerprint density at radius 2 is 2.05 bits per heavy atom. The van der Waals surface area contributed by atoms with Crippen LogP contribution in [0.5, 0.6) is 0 Å². The first-order valence-electron chi connectivity index (χ1n) is 6.80. The summed E-state index contributed by atoms with van der Waals surface area (Å²) in [5.74, 6) is -0.512. The van der Waals surface area contributed by atoms with Crippen LogP contribution in [-0.4, -0.2) is 43.1 Å². The normalized spacial score (nSPS) is 12.1. The Balaban J connectivity index is 3.17. The molecule has 0 heterocycles. The lowest BCUT2D eigenvalue weighted by molar-refractivity contribution is -0.127. The molecule has 0 radical (unpaired) electrons. The number of anilines is 1. The summed E-state index contributed by atoms with van der Waals surface area (Å²) in [5, 5.41) is 9.80. The summed E-state index contributed by atoms with van der Waals surface area (Å²) in [6, 6.07) is 4.61. The van der Waals surface area contributed by atoms with E-state index in [0.29, 0.717) is 17.8 Å². The van der Waals surface area contributed by atoms with Crippen LogP contribution in [0, 0.1) is 5.82 Å². The third kappa shape index (κ3) is 3.93. The largest absolute Gasteiger partial charge is 0.389 e. The second kappa shape index (κ2) is 7.24. The number of carbonyl (C=O) groups excluding carboxylic acids is 1. The van der Waals surface area contributed by atoms with Crippen LogP contribution in [0.1, 0.15) is 31.9 Å². The molecule has 4 nitrogen and oxygen atoms in total. The van der Waals surface area contributed by atoms with Crippen LogP contribution in [0.2, 0.25) is 0 Å². The highest BCUT2D eigenvalue weighted by atomic mass is 19.1. The molecule has 1 amide bonds. The lowest BCUT2D eigenvalue weighted by Gasteiger charge is -2.28. The van der Waals surface area contributed by atoms with Gasteiger partial charge in [-0.25, -0.2) is 4.39 Å². The molecule has 1 aromatic rings. The lowest BCUT2D eigenvalue weighted by atomic mass is 10.1. The van der Waals surface area contributed by atoms with Gasteiger partial charge in [0, 0.05) is 26.2 Å². The van der Waals surface area contributed by atoms with Crippen molar-refractivity contribution in [3.63, 3.8) is 0 Å². The average Bonchev–Trinajstić information content (AvgIpc) is 2.37. The average molecular weight is 282 g/mol. The van der Waals surface area contributed by atoms with Crippen molar-refractivity contribution in [1.29, 1.82) is 0 Å². The maximum atomic E-state index is 14.2. The van der Waals surface area contributed by atoms with E-state index in [4.69, 9.17) is 0 Å². The van der Waals surface area contributed by atoms with Gasteiger partial charge in [-0.05, 0) is 19.4 Å². The zero-order valence-corrected chi connectivity index (χ0v) is 12.6. The Hall–Kier alpha value is -1.62. The second-order valence-corrected chi connectivity index (χ2v) is 5.06. The molecule has 0 spiro atoms. The van der Waals surface area contributed by atoms with Crippen LogP contribution in [0.4, 0.5) is 10.1 Å². The summed E-state index contributed by atoms with van der Waals surface area (Å²) in [4.78, 5) is 15.1. The standard InChI is InChI=1S/C15H23FN2O2/c1-5-9-18(10-14(20)17(3)4)15-12(11(2)19)7-6-8-13(15)16/h6-8,11,19H,5,9-10H2,1-4H3. The Morgan fingerprint density at radius 1 is 1.40 bits per heavy atom. The Bertz CT molecular complexity index is 461. The van der Waals surface area contributed by atoms with Crippen molar-refractivity contribution in [3.05, 3.63) is 29.6 Å². The van der Waals surface area contributed by atoms with Gasteiger partial charge in [0.25, 0.3) is 0 Å². The predicted molar refractivity (Wildman–Crippen MR) is 78.2 cm³/mol. The fraction of sp³-hybridized carbons (Fsp3) is 0.533. The van der Waals surface area contributed by atoms with Gasteiger partial charge in [0.2, 0.25) is 5.91 Å². The van der Waals surface area contributed by atoms with Gasteiger partial charge in [-0.3, -0.25) is 4.79 Å². The highest BCUT2D eigenvalue weighted by molar-refractivity contribution is 5.81. The first-order valence-corrected chi connectivity index (χ1v) is 6.80. The monoisotopic (exact) mass is 282 g/mol. The number of hydrogen-bond donors (Lipinski definition) is 1. The first kappa shape index (κ1) is 16.4. The number of aliphatic hydroxyl groups excluding tert-OH is 1. The summed E-state index contributed by atoms with van der Waals surface area (Å²) >= 11 is 0. The van der Waals surface area contributed by atoms with E-state index >= 15 is 0 Å². The third-order valence-corrected chi connectivity index (χ3v) is 3.10. The topological polar surface area (TPSA) is 43.8 Å². The number of nitrogens with zero attached hydrogens (tertiary/aromatic N) is 2. The van der Waals surface area contributed by atoms with Crippen molar-refractivity contribution in [2.45, 2.75) is 26.4 Å². The number of aliphatic hydroxyl groups is 1. The van der Waals surface area contributed by atoms with Crippen LogP contribution in [0.25, 0.3) is 0 Å². The van der Waals surface area contributed by atoms with Gasteiger partial charge in [0.05, 0.1) is 18.3 Å². The summed E-state index contributed by atoms with van der Waals surface area (Å²) in [6.07, 6.45) is 0.00315. The Labute approximate surface area is 119 Å². The van der Waals surface area contributed by atoms with E-state index in [9.17, 15) is 14.3 Å². The molecule has 112 valence electrons. The van der Waals surface area contributed by atoms with Crippen molar-refractivity contribution in [2.24, 2.45) is 0 Å². The quantitative estimate of drug-likeness (QED) is 0.870. The van der Waals surface area contributed by atoms with Gasteiger partial charge in [-0.15, -0.1) is 0 Å². The SMILES string of the molecule is CCCN(CC(=O)N(C)C)c1c(F)cccc1C(C)O. The number of rotatable bonds is 6. The molecule has 1 rings (SSSR count). The number of benzene rings is 1. The van der Waals surface area contributed by atoms with E-state index in [1.54, 1.807) is 38.1 Å². The fourth-order valence-electron chi connectivity index (χ4n) is 2.05. The molecule has 1 N–H and O–H groups in total. The van der Waals surface area contributed by atoms with Gasteiger partial charge < -0.3 is 14.9 Å². The van der Waals surface area contributed by atoms with Crippen molar-refractivity contribution >= 4 is 11.6 Å². The minimum Gasteiger partial charge on any atom is -0.389 e. The van der Waals surface area contributed by atoms with Crippen LogP contribution in [0.3, 0.4) is 0 Å². The molecule has 1 atom stereocenters. The smallest absolute Gasteiger partial charge is 0.241 e. The number of carbonyl (C=O) groups is 1. The maximum absolute atomic E-state index is 14.2. The summed E-state index contributed by atoms with van der Waals surface area (Å²) < 4.78 is 14.2.